The number of hydrogen-bond donors (Lipinski definition) is 0. The molecule has 1 saturated heterocycles. The quantitative estimate of drug-likeness (QED) is 0.785. The summed E-state index contributed by atoms with van der Waals surface area (Å²) in [6, 6.07) is 11.3. The molecule has 0 unspecified atom stereocenters. The molecule has 3 rings (SSSR count). The number of aryl methyl sites for hydroxylation is 1. The fraction of sp³-hybridized carbons (Fsp3) is 0.381. The van der Waals surface area contributed by atoms with Crippen molar-refractivity contribution in [3.63, 3.8) is 0 Å². The molecule has 0 atom stereocenters. The molecule has 0 aromatic heterocycles. The van der Waals surface area contributed by atoms with Crippen molar-refractivity contribution in [3.8, 4) is 0 Å². The van der Waals surface area contributed by atoms with Crippen molar-refractivity contribution in [1.29, 1.82) is 0 Å². The van der Waals surface area contributed by atoms with Crippen LogP contribution in [0.1, 0.15) is 41.3 Å². The predicted molar refractivity (Wildman–Crippen MR) is 106 cm³/mol. The molecule has 0 saturated carbocycles. The van der Waals surface area contributed by atoms with E-state index in [0.29, 0.717) is 11.5 Å². The third-order valence-corrected chi connectivity index (χ3v) is 7.04. The number of rotatable bonds is 4. The topological polar surface area (TPSA) is 57.7 Å². The van der Waals surface area contributed by atoms with E-state index in [4.69, 9.17) is 0 Å². The van der Waals surface area contributed by atoms with E-state index < -0.39 is 15.8 Å². The number of hydrogen-bond acceptors (Lipinski definition) is 3. The summed E-state index contributed by atoms with van der Waals surface area (Å²) in [6.07, 6.45) is 0. The number of benzene rings is 2. The monoisotopic (exact) mass is 404 g/mol. The molecule has 5 nitrogen and oxygen atoms in total. The number of carbonyl (C=O) groups is 1. The Hall–Kier alpha value is -2.25. The van der Waals surface area contributed by atoms with Gasteiger partial charge in [0, 0.05) is 31.7 Å². The SMILES string of the molecule is Cc1ccc(C(=O)N2CCN(S(=O)(=O)c3ccc(C(C)C)cc3)CC2)cc1F. The zero-order chi connectivity index (χ0) is 20.5. The fourth-order valence-electron chi connectivity index (χ4n) is 3.21. The molecule has 2 aromatic carbocycles. The van der Waals surface area contributed by atoms with E-state index in [9.17, 15) is 17.6 Å². The van der Waals surface area contributed by atoms with E-state index >= 15 is 0 Å². The van der Waals surface area contributed by atoms with Crippen LogP contribution in [0.2, 0.25) is 0 Å². The smallest absolute Gasteiger partial charge is 0.254 e. The van der Waals surface area contributed by atoms with Gasteiger partial charge in [0.05, 0.1) is 4.90 Å². The van der Waals surface area contributed by atoms with Gasteiger partial charge in [0.2, 0.25) is 10.0 Å². The first-order valence-electron chi connectivity index (χ1n) is 9.35. The lowest BCUT2D eigenvalue weighted by Gasteiger charge is -2.34. The molecule has 150 valence electrons. The van der Waals surface area contributed by atoms with Crippen LogP contribution in [0.3, 0.4) is 0 Å². The van der Waals surface area contributed by atoms with Crippen LogP contribution in [-0.2, 0) is 10.0 Å². The second-order valence-corrected chi connectivity index (χ2v) is 9.32. The molecular formula is C21H25FN2O3S. The molecule has 0 bridgehead atoms. The molecule has 1 amide bonds. The van der Waals surface area contributed by atoms with Crippen molar-refractivity contribution < 1.29 is 17.6 Å². The lowest BCUT2D eigenvalue weighted by atomic mass is 10.0. The minimum Gasteiger partial charge on any atom is -0.336 e. The molecule has 2 aromatic rings. The molecule has 0 aliphatic carbocycles. The van der Waals surface area contributed by atoms with Gasteiger partial charge in [-0.1, -0.05) is 32.0 Å². The summed E-state index contributed by atoms with van der Waals surface area (Å²) < 4.78 is 40.9. The molecule has 1 aliphatic heterocycles. The van der Waals surface area contributed by atoms with E-state index in [1.54, 1.807) is 36.1 Å². The molecule has 1 fully saturated rings. The zero-order valence-corrected chi connectivity index (χ0v) is 17.2. The first-order valence-corrected chi connectivity index (χ1v) is 10.8. The molecule has 0 radical (unpaired) electrons. The van der Waals surface area contributed by atoms with Gasteiger partial charge in [-0.3, -0.25) is 4.79 Å². The Labute approximate surface area is 165 Å². The molecule has 1 aliphatic rings. The van der Waals surface area contributed by atoms with Gasteiger partial charge >= 0.3 is 0 Å². The number of piperazine rings is 1. The Bertz CT molecular complexity index is 964. The van der Waals surface area contributed by atoms with Crippen molar-refractivity contribution in [1.82, 2.24) is 9.21 Å². The lowest BCUT2D eigenvalue weighted by Crippen LogP contribution is -2.50. The van der Waals surface area contributed by atoms with Crippen LogP contribution in [0, 0.1) is 12.7 Å². The second-order valence-electron chi connectivity index (χ2n) is 7.38. The van der Waals surface area contributed by atoms with Crippen molar-refractivity contribution in [3.05, 3.63) is 65.0 Å². The van der Waals surface area contributed by atoms with Crippen LogP contribution in [0.15, 0.2) is 47.4 Å². The first-order chi connectivity index (χ1) is 13.2. The van der Waals surface area contributed by atoms with Crippen LogP contribution in [0.25, 0.3) is 0 Å². The van der Waals surface area contributed by atoms with Gasteiger partial charge in [-0.25, -0.2) is 12.8 Å². The van der Waals surface area contributed by atoms with Crippen LogP contribution >= 0.6 is 0 Å². The van der Waals surface area contributed by atoms with Crippen molar-refractivity contribution in [2.24, 2.45) is 0 Å². The molecule has 28 heavy (non-hydrogen) atoms. The van der Waals surface area contributed by atoms with Gasteiger partial charge in [-0.2, -0.15) is 4.31 Å². The first kappa shape index (κ1) is 20.5. The van der Waals surface area contributed by atoms with Crippen LogP contribution < -0.4 is 0 Å². The van der Waals surface area contributed by atoms with Gasteiger partial charge in [0.15, 0.2) is 0 Å². The highest BCUT2D eigenvalue weighted by Gasteiger charge is 2.30. The maximum atomic E-state index is 13.7. The maximum absolute atomic E-state index is 13.7. The van der Waals surface area contributed by atoms with Crippen LogP contribution in [0.4, 0.5) is 4.39 Å². The van der Waals surface area contributed by atoms with Gasteiger partial charge in [0.25, 0.3) is 5.91 Å². The minimum atomic E-state index is -3.60. The summed E-state index contributed by atoms with van der Waals surface area (Å²) >= 11 is 0. The Kier molecular flexibility index (Phi) is 5.86. The van der Waals surface area contributed by atoms with Crippen molar-refractivity contribution in [2.75, 3.05) is 26.2 Å². The summed E-state index contributed by atoms with van der Waals surface area (Å²) in [5.41, 5.74) is 1.85. The van der Waals surface area contributed by atoms with Crippen molar-refractivity contribution >= 4 is 15.9 Å². The number of nitrogens with zero attached hydrogens (tertiary/aromatic N) is 2. The standard InChI is InChI=1S/C21H25FN2O3S/c1-15(2)17-6-8-19(9-7-17)28(26,27)24-12-10-23(11-13-24)21(25)18-5-4-16(3)20(22)14-18/h4-9,14-15H,10-13H2,1-3H3. The number of amides is 1. The fourth-order valence-corrected chi connectivity index (χ4v) is 4.64. The Morgan fingerprint density at radius 2 is 1.61 bits per heavy atom. The maximum Gasteiger partial charge on any atom is 0.254 e. The normalized spacial score (nSPS) is 15.8. The van der Waals surface area contributed by atoms with Crippen LogP contribution in [0.5, 0.6) is 0 Å². The second kappa shape index (κ2) is 8.01. The highest BCUT2D eigenvalue weighted by molar-refractivity contribution is 7.89. The highest BCUT2D eigenvalue weighted by atomic mass is 32.2. The largest absolute Gasteiger partial charge is 0.336 e. The average molecular weight is 405 g/mol. The molecule has 0 spiro atoms. The molecule has 7 heteroatoms. The van der Waals surface area contributed by atoms with Gasteiger partial charge < -0.3 is 4.90 Å². The molecule has 0 N–H and O–H groups in total. The van der Waals surface area contributed by atoms with E-state index in [-0.39, 0.29) is 42.5 Å². The Balaban J connectivity index is 1.68. The summed E-state index contributed by atoms with van der Waals surface area (Å²) in [4.78, 5) is 14.4. The number of sulfonamides is 1. The molecular weight excluding hydrogens is 379 g/mol. The minimum absolute atomic E-state index is 0.217. The number of halogens is 1. The van der Waals surface area contributed by atoms with Crippen molar-refractivity contribution in [2.45, 2.75) is 31.6 Å². The summed E-state index contributed by atoms with van der Waals surface area (Å²) in [5, 5.41) is 0. The predicted octanol–water partition coefficient (Wildman–Crippen LogP) is 3.40. The average Bonchev–Trinajstić information content (AvgIpc) is 2.69. The van der Waals surface area contributed by atoms with Gasteiger partial charge in [-0.15, -0.1) is 0 Å². The van der Waals surface area contributed by atoms with Gasteiger partial charge in [0.1, 0.15) is 5.82 Å². The van der Waals surface area contributed by atoms with E-state index in [2.05, 4.69) is 13.8 Å². The van der Waals surface area contributed by atoms with E-state index in [1.807, 2.05) is 12.1 Å². The summed E-state index contributed by atoms with van der Waals surface area (Å²) in [7, 11) is -3.60. The lowest BCUT2D eigenvalue weighted by molar-refractivity contribution is 0.0697. The van der Waals surface area contributed by atoms with E-state index in [0.717, 1.165) is 5.56 Å². The summed E-state index contributed by atoms with van der Waals surface area (Å²) in [5.74, 6) is -0.368. The third kappa shape index (κ3) is 4.10. The Morgan fingerprint density at radius 3 is 2.14 bits per heavy atom. The molecule has 1 heterocycles. The summed E-state index contributed by atoms with van der Waals surface area (Å²) in [6.45, 7) is 6.73. The van der Waals surface area contributed by atoms with Crippen LogP contribution in [-0.4, -0.2) is 49.7 Å². The third-order valence-electron chi connectivity index (χ3n) is 5.13. The van der Waals surface area contributed by atoms with E-state index in [1.165, 1.54) is 10.4 Å². The zero-order valence-electron chi connectivity index (χ0n) is 16.4. The Morgan fingerprint density at radius 1 is 1.00 bits per heavy atom. The van der Waals surface area contributed by atoms with Gasteiger partial charge in [-0.05, 0) is 48.2 Å². The number of carbonyl (C=O) groups excluding carboxylic acids is 1. The highest BCUT2D eigenvalue weighted by Crippen LogP contribution is 2.22.